The van der Waals surface area contributed by atoms with Crippen LogP contribution in [0.3, 0.4) is 0 Å². The topological polar surface area (TPSA) is 0 Å². The molecule has 3 rings (SSSR count). The largest absolute Gasteiger partial charge is 0.108 e. The van der Waals surface area contributed by atoms with Crippen molar-refractivity contribution in [3.05, 3.63) is 71.3 Å². The van der Waals surface area contributed by atoms with Crippen LogP contribution in [0.5, 0.6) is 0 Å². The summed E-state index contributed by atoms with van der Waals surface area (Å²) in [6.07, 6.45) is 0.948. The van der Waals surface area contributed by atoms with E-state index in [2.05, 4.69) is 96.3 Å². The molecule has 1 aliphatic carbocycles. The molecule has 0 N–H and O–H groups in total. The summed E-state index contributed by atoms with van der Waals surface area (Å²) in [6, 6.07) is 19.1. The molecule has 0 heterocycles. The lowest BCUT2D eigenvalue weighted by Gasteiger charge is -2.34. The number of halogens is 3. The lowest BCUT2D eigenvalue weighted by molar-refractivity contribution is 0.735. The first kappa shape index (κ1) is 12.9. The van der Waals surface area contributed by atoms with Gasteiger partial charge in [-0.3, -0.25) is 0 Å². The number of hydrogen-bond donors (Lipinski definition) is 0. The first-order valence-electron chi connectivity index (χ1n) is 5.76. The van der Waals surface area contributed by atoms with Crippen LogP contribution in [0.15, 0.2) is 54.6 Å². The summed E-state index contributed by atoms with van der Waals surface area (Å²) in [4.78, 5) is 0. The number of benzene rings is 2. The number of fused-ring (bicyclic) bond motifs is 1. The zero-order valence-electron chi connectivity index (χ0n) is 9.54. The van der Waals surface area contributed by atoms with Crippen molar-refractivity contribution in [2.45, 2.75) is 14.0 Å². The highest BCUT2D eigenvalue weighted by Gasteiger charge is 2.54. The molecule has 0 saturated carbocycles. The second kappa shape index (κ2) is 4.46. The van der Waals surface area contributed by atoms with E-state index in [0.717, 1.165) is 6.42 Å². The van der Waals surface area contributed by atoms with E-state index >= 15 is 0 Å². The van der Waals surface area contributed by atoms with Crippen LogP contribution in [0.4, 0.5) is 0 Å². The van der Waals surface area contributed by atoms with E-state index < -0.39 is 0 Å². The second-order valence-corrected chi connectivity index (χ2v) is 9.52. The van der Waals surface area contributed by atoms with Gasteiger partial charge in [-0.2, -0.15) is 0 Å². The van der Waals surface area contributed by atoms with Crippen LogP contribution in [0.2, 0.25) is 0 Å². The summed E-state index contributed by atoms with van der Waals surface area (Å²) in [5.74, 6) is 0. The predicted octanol–water partition coefficient (Wildman–Crippen LogP) is 5.37. The van der Waals surface area contributed by atoms with Crippen molar-refractivity contribution >= 4 is 47.8 Å². The van der Waals surface area contributed by atoms with Gasteiger partial charge in [-0.15, -0.1) is 0 Å². The summed E-state index contributed by atoms with van der Waals surface area (Å²) >= 11 is 11.7. The molecule has 0 spiro atoms. The van der Waals surface area contributed by atoms with E-state index in [9.17, 15) is 0 Å². The predicted molar refractivity (Wildman–Crippen MR) is 86.9 cm³/mol. The van der Waals surface area contributed by atoms with Crippen molar-refractivity contribution in [3.63, 3.8) is 0 Å². The summed E-state index contributed by atoms with van der Waals surface area (Å²) in [5, 5.41) is 0. The van der Waals surface area contributed by atoms with Crippen LogP contribution in [-0.2, 0) is 10.7 Å². The van der Waals surface area contributed by atoms with Gasteiger partial charge in [0.2, 0.25) is 0 Å². The lowest BCUT2D eigenvalue weighted by Crippen LogP contribution is -2.34. The Balaban J connectivity index is 2.26. The molecule has 0 radical (unpaired) electrons. The molecule has 1 unspecified atom stereocenters. The Kier molecular flexibility index (Phi) is 3.20. The van der Waals surface area contributed by atoms with Gasteiger partial charge >= 0.3 is 0 Å². The maximum absolute atomic E-state index is 3.98. The van der Waals surface area contributed by atoms with E-state index in [4.69, 9.17) is 0 Å². The summed E-state index contributed by atoms with van der Waals surface area (Å²) in [7, 11) is 0. The minimum atomic E-state index is -0.238. The molecule has 0 saturated heterocycles. The van der Waals surface area contributed by atoms with Gasteiger partial charge in [-0.05, 0) is 23.1 Å². The van der Waals surface area contributed by atoms with Gasteiger partial charge in [0.15, 0.2) is 0 Å². The highest BCUT2D eigenvalue weighted by atomic mass is 79.9. The fourth-order valence-electron chi connectivity index (χ4n) is 2.60. The van der Waals surface area contributed by atoms with Crippen LogP contribution < -0.4 is 0 Å². The van der Waals surface area contributed by atoms with Crippen LogP contribution in [0.1, 0.15) is 16.7 Å². The zero-order chi connectivity index (χ0) is 12.8. The fraction of sp³-hybridized carbons (Fsp3) is 0.200. The number of hydrogen-bond acceptors (Lipinski definition) is 0. The third-order valence-corrected chi connectivity index (χ3v) is 7.85. The Morgan fingerprint density at radius 1 is 0.778 bits per heavy atom. The first-order chi connectivity index (χ1) is 8.56. The van der Waals surface area contributed by atoms with Crippen molar-refractivity contribution in [2.24, 2.45) is 0 Å². The average molecular weight is 431 g/mol. The molecule has 0 fully saturated rings. The van der Waals surface area contributed by atoms with Crippen molar-refractivity contribution < 1.29 is 0 Å². The highest BCUT2D eigenvalue weighted by molar-refractivity contribution is 9.26. The molecule has 2 aromatic carbocycles. The van der Waals surface area contributed by atoms with Gasteiger partial charge in [-0.1, -0.05) is 102 Å². The Bertz CT molecular complexity index is 577. The van der Waals surface area contributed by atoms with Gasteiger partial charge in [0, 0.05) is 0 Å². The fourth-order valence-corrected chi connectivity index (χ4v) is 4.88. The van der Waals surface area contributed by atoms with Crippen LogP contribution >= 0.6 is 47.8 Å². The zero-order valence-corrected chi connectivity index (χ0v) is 14.3. The molecule has 3 heteroatoms. The molecular weight excluding hydrogens is 420 g/mol. The van der Waals surface area contributed by atoms with Crippen molar-refractivity contribution in [1.29, 1.82) is 0 Å². The summed E-state index contributed by atoms with van der Waals surface area (Å²) in [6.45, 7) is 0. The molecule has 0 amide bonds. The maximum atomic E-state index is 3.98. The Hall–Kier alpha value is -0.120. The maximum Gasteiger partial charge on any atom is 0.108 e. The molecular formula is C15H11Br3. The summed E-state index contributed by atoms with van der Waals surface area (Å²) in [5.41, 5.74) is 3.95. The molecule has 0 bridgehead atoms. The van der Waals surface area contributed by atoms with E-state index in [1.54, 1.807) is 0 Å². The standard InChI is InChI=1S/C15H11Br3/c16-14(17)10-11-6-4-5-9-13(11)15(14,18)12-7-2-1-3-8-12/h1-9H,10H2. The Morgan fingerprint density at radius 2 is 1.39 bits per heavy atom. The third-order valence-electron chi connectivity index (χ3n) is 3.48. The minimum Gasteiger partial charge on any atom is -0.0723 e. The van der Waals surface area contributed by atoms with E-state index in [0.29, 0.717) is 0 Å². The monoisotopic (exact) mass is 428 g/mol. The van der Waals surface area contributed by atoms with Crippen LogP contribution in [0.25, 0.3) is 0 Å². The minimum absolute atomic E-state index is 0.196. The van der Waals surface area contributed by atoms with E-state index in [1.807, 2.05) is 6.07 Å². The molecule has 0 nitrogen and oxygen atoms in total. The van der Waals surface area contributed by atoms with E-state index in [-0.39, 0.29) is 7.56 Å². The van der Waals surface area contributed by atoms with Crippen LogP contribution in [0, 0.1) is 0 Å². The third kappa shape index (κ3) is 1.75. The molecule has 2 aromatic rings. The highest BCUT2D eigenvalue weighted by Crippen LogP contribution is 2.61. The quantitative estimate of drug-likeness (QED) is 0.534. The van der Waals surface area contributed by atoms with E-state index in [1.165, 1.54) is 16.7 Å². The molecule has 18 heavy (non-hydrogen) atoms. The second-order valence-electron chi connectivity index (χ2n) is 4.56. The lowest BCUT2D eigenvalue weighted by atomic mass is 9.92. The summed E-state index contributed by atoms with van der Waals surface area (Å²) < 4.78 is -0.435. The SMILES string of the molecule is BrC1(Br)Cc2ccccc2C1(Br)c1ccccc1. The van der Waals surface area contributed by atoms with Gasteiger partial charge in [0.05, 0.1) is 0 Å². The average Bonchev–Trinajstić information content (AvgIpc) is 2.59. The van der Waals surface area contributed by atoms with Crippen molar-refractivity contribution in [1.82, 2.24) is 0 Å². The normalized spacial score (nSPS) is 24.8. The molecule has 0 aromatic heterocycles. The van der Waals surface area contributed by atoms with Crippen LogP contribution in [-0.4, -0.2) is 3.23 Å². The van der Waals surface area contributed by atoms with Crippen molar-refractivity contribution in [3.8, 4) is 0 Å². The van der Waals surface area contributed by atoms with Gasteiger partial charge in [-0.25, -0.2) is 0 Å². The Morgan fingerprint density at radius 3 is 2.11 bits per heavy atom. The van der Waals surface area contributed by atoms with Gasteiger partial charge < -0.3 is 0 Å². The van der Waals surface area contributed by atoms with Gasteiger partial charge in [0.25, 0.3) is 0 Å². The molecule has 1 aliphatic rings. The number of rotatable bonds is 1. The Labute approximate surface area is 132 Å². The molecule has 92 valence electrons. The van der Waals surface area contributed by atoms with Gasteiger partial charge in [0.1, 0.15) is 7.56 Å². The molecule has 1 atom stereocenters. The smallest absolute Gasteiger partial charge is 0.0723 e. The molecule has 0 aliphatic heterocycles. The van der Waals surface area contributed by atoms with Crippen molar-refractivity contribution in [2.75, 3.05) is 0 Å². The number of alkyl halides is 3. The first-order valence-corrected chi connectivity index (χ1v) is 8.14.